The number of carbonyl (C=O) groups excluding carboxylic acids is 2. The number of aliphatic hydroxyl groups is 1. The van der Waals surface area contributed by atoms with Crippen LogP contribution in [0.3, 0.4) is 0 Å². The van der Waals surface area contributed by atoms with Gasteiger partial charge < -0.3 is 20.9 Å². The van der Waals surface area contributed by atoms with Crippen LogP contribution in [0.4, 0.5) is 5.69 Å². The van der Waals surface area contributed by atoms with E-state index in [9.17, 15) is 14.7 Å². The molecular weight excluding hydrogens is 490 g/mol. The number of carbonyl (C=O) groups is 2. The number of nitrogens with zero attached hydrogens (tertiary/aromatic N) is 1. The van der Waals surface area contributed by atoms with E-state index in [2.05, 4.69) is 5.32 Å². The van der Waals surface area contributed by atoms with Crippen LogP contribution in [0.25, 0.3) is 21.8 Å². The molecule has 0 bridgehead atoms. The lowest BCUT2D eigenvalue weighted by atomic mass is 9.81. The van der Waals surface area contributed by atoms with Crippen LogP contribution in [0.1, 0.15) is 57.2 Å². The van der Waals surface area contributed by atoms with Gasteiger partial charge in [0.2, 0.25) is 11.3 Å². The summed E-state index contributed by atoms with van der Waals surface area (Å²) in [6.07, 6.45) is 0. The van der Waals surface area contributed by atoms with Crippen LogP contribution in [-0.2, 0) is 11.3 Å². The van der Waals surface area contributed by atoms with Crippen LogP contribution < -0.4 is 15.8 Å². The molecule has 2 atom stereocenters. The molecule has 2 unspecified atom stereocenters. The third-order valence-electron chi connectivity index (χ3n) is 7.99. The highest BCUT2D eigenvalue weighted by Gasteiger charge is 2.72. The number of anilines is 1. The standard InChI is InChI=1S/C32H25N3O4/c1-17(2)18-14-15-21-26(16-18)39-32(38)22-10-7-11-23(33)28(22)29(36)31(21,32)35-30(37)27-19-8-3-5-12-24(19)34-25-13-6-4-9-20(25)27/h3-17,38H,33H2,1-2H3,(H,35,37). The molecule has 2 heterocycles. The molecule has 0 fully saturated rings. The van der Waals surface area contributed by atoms with Crippen LogP contribution in [0.15, 0.2) is 84.9 Å². The third-order valence-corrected chi connectivity index (χ3v) is 7.99. The largest absolute Gasteiger partial charge is 0.454 e. The summed E-state index contributed by atoms with van der Waals surface area (Å²) in [4.78, 5) is 33.5. The number of ketones is 1. The van der Waals surface area contributed by atoms with E-state index in [4.69, 9.17) is 15.5 Å². The molecule has 4 N–H and O–H groups in total. The van der Waals surface area contributed by atoms with Crippen molar-refractivity contribution in [2.45, 2.75) is 31.1 Å². The molecule has 39 heavy (non-hydrogen) atoms. The van der Waals surface area contributed by atoms with Gasteiger partial charge in [0.1, 0.15) is 5.75 Å². The number of ether oxygens (including phenoxy) is 1. The Morgan fingerprint density at radius 1 is 0.923 bits per heavy atom. The number of pyridine rings is 1. The Morgan fingerprint density at radius 2 is 1.59 bits per heavy atom. The molecule has 7 heteroatoms. The van der Waals surface area contributed by atoms with Crippen LogP contribution >= 0.6 is 0 Å². The second kappa shape index (κ2) is 7.88. The topological polar surface area (TPSA) is 115 Å². The molecule has 1 aliphatic heterocycles. The quantitative estimate of drug-likeness (QED) is 0.226. The Hall–Kier alpha value is -4.75. The van der Waals surface area contributed by atoms with Gasteiger partial charge >= 0.3 is 0 Å². The lowest BCUT2D eigenvalue weighted by molar-refractivity contribution is -0.169. The minimum Gasteiger partial charge on any atom is -0.454 e. The van der Waals surface area contributed by atoms with Crippen LogP contribution in [0.2, 0.25) is 0 Å². The maximum atomic E-state index is 14.4. The van der Waals surface area contributed by atoms with Crippen molar-refractivity contribution < 1.29 is 19.4 Å². The van der Waals surface area contributed by atoms with Gasteiger partial charge in [0.15, 0.2) is 0 Å². The number of hydrogen-bond acceptors (Lipinski definition) is 6. The first-order chi connectivity index (χ1) is 18.8. The third kappa shape index (κ3) is 2.93. The summed E-state index contributed by atoms with van der Waals surface area (Å²) < 4.78 is 6.23. The Morgan fingerprint density at radius 3 is 2.26 bits per heavy atom. The van der Waals surface area contributed by atoms with E-state index in [-0.39, 0.29) is 22.7 Å². The fraction of sp³-hybridized carbons (Fsp3) is 0.156. The predicted octanol–water partition coefficient (Wildman–Crippen LogP) is 5.15. The first-order valence-electron chi connectivity index (χ1n) is 12.9. The van der Waals surface area contributed by atoms with E-state index in [1.165, 1.54) is 0 Å². The number of Topliss-reactive ketones (excluding diaryl/α,β-unsaturated/α-hetero) is 1. The monoisotopic (exact) mass is 515 g/mol. The summed E-state index contributed by atoms with van der Waals surface area (Å²) in [6, 6.07) is 25.1. The van der Waals surface area contributed by atoms with Gasteiger partial charge in [0.05, 0.1) is 22.2 Å². The van der Waals surface area contributed by atoms with E-state index in [0.717, 1.165) is 5.56 Å². The zero-order valence-electron chi connectivity index (χ0n) is 21.4. The van der Waals surface area contributed by atoms with Gasteiger partial charge in [-0.3, -0.25) is 9.59 Å². The number of para-hydroxylation sites is 2. The second-order valence-corrected chi connectivity index (χ2v) is 10.5. The van der Waals surface area contributed by atoms with Gasteiger partial charge in [0, 0.05) is 27.6 Å². The van der Waals surface area contributed by atoms with Gasteiger partial charge in [-0.15, -0.1) is 0 Å². The number of benzene rings is 4. The Kier molecular flexibility index (Phi) is 4.72. The summed E-state index contributed by atoms with van der Waals surface area (Å²) in [5.74, 6) is -2.72. The number of fused-ring (bicyclic) bond motifs is 7. The van der Waals surface area contributed by atoms with Gasteiger partial charge in [0.25, 0.3) is 11.7 Å². The summed E-state index contributed by atoms with van der Waals surface area (Å²) in [5, 5.41) is 16.5. The van der Waals surface area contributed by atoms with E-state index >= 15 is 0 Å². The van der Waals surface area contributed by atoms with Gasteiger partial charge in [-0.2, -0.15) is 0 Å². The maximum Gasteiger partial charge on any atom is 0.271 e. The Balaban J connectivity index is 1.49. The molecule has 4 aromatic carbocycles. The van der Waals surface area contributed by atoms with Gasteiger partial charge in [-0.05, 0) is 35.7 Å². The lowest BCUT2D eigenvalue weighted by Crippen LogP contribution is -2.60. The number of hydrogen-bond donors (Lipinski definition) is 3. The number of amides is 1. The fourth-order valence-electron chi connectivity index (χ4n) is 6.06. The van der Waals surface area contributed by atoms with Crippen molar-refractivity contribution in [2.75, 3.05) is 5.73 Å². The molecule has 1 amide bonds. The second-order valence-electron chi connectivity index (χ2n) is 10.5. The van der Waals surface area contributed by atoms with Gasteiger partial charge in [-0.1, -0.05) is 74.5 Å². The Bertz CT molecular complexity index is 1830. The van der Waals surface area contributed by atoms with Crippen molar-refractivity contribution in [3.8, 4) is 5.75 Å². The highest BCUT2D eigenvalue weighted by atomic mass is 16.6. The van der Waals surface area contributed by atoms with Crippen molar-refractivity contribution in [1.82, 2.24) is 10.3 Å². The molecule has 2 aliphatic rings. The molecule has 192 valence electrons. The molecule has 0 radical (unpaired) electrons. The van der Waals surface area contributed by atoms with Crippen LogP contribution in [0.5, 0.6) is 5.75 Å². The summed E-state index contributed by atoms with van der Waals surface area (Å²) in [6.45, 7) is 4.09. The molecule has 7 nitrogen and oxygen atoms in total. The van der Waals surface area contributed by atoms with Crippen molar-refractivity contribution in [3.63, 3.8) is 0 Å². The number of nitrogens with two attached hydrogens (primary N) is 1. The Labute approximate surface area is 224 Å². The molecule has 0 saturated heterocycles. The molecule has 1 aliphatic carbocycles. The van der Waals surface area contributed by atoms with Gasteiger partial charge in [-0.25, -0.2) is 4.98 Å². The van der Waals surface area contributed by atoms with Crippen molar-refractivity contribution in [2.24, 2.45) is 0 Å². The van der Waals surface area contributed by atoms with Crippen molar-refractivity contribution >= 4 is 39.2 Å². The van der Waals surface area contributed by atoms with Crippen LogP contribution in [0, 0.1) is 0 Å². The van der Waals surface area contributed by atoms with E-state index in [1.54, 1.807) is 24.3 Å². The lowest BCUT2D eigenvalue weighted by Gasteiger charge is -2.34. The SMILES string of the molecule is CC(C)c1ccc2c(c1)OC1(O)c3cccc(N)c3C(=O)C21NC(=O)c1c2ccccc2nc2ccccc12. The average Bonchev–Trinajstić information content (AvgIpc) is 3.28. The molecule has 5 aromatic rings. The van der Waals surface area contributed by atoms with Crippen LogP contribution in [-0.4, -0.2) is 21.8 Å². The summed E-state index contributed by atoms with van der Waals surface area (Å²) in [7, 11) is 0. The summed E-state index contributed by atoms with van der Waals surface area (Å²) in [5.41, 5.74) is 7.87. The molecule has 0 spiro atoms. The zero-order valence-corrected chi connectivity index (χ0v) is 21.4. The van der Waals surface area contributed by atoms with Crippen molar-refractivity contribution in [3.05, 3.63) is 113 Å². The minimum absolute atomic E-state index is 0.142. The zero-order chi connectivity index (χ0) is 27.1. The molecule has 1 aromatic heterocycles. The highest BCUT2D eigenvalue weighted by molar-refractivity contribution is 6.20. The number of rotatable bonds is 3. The molecule has 7 rings (SSSR count). The van der Waals surface area contributed by atoms with Crippen molar-refractivity contribution in [1.29, 1.82) is 0 Å². The average molecular weight is 516 g/mol. The number of nitrogens with one attached hydrogen (secondary N) is 1. The number of nitrogen functional groups attached to an aromatic ring is 1. The first-order valence-corrected chi connectivity index (χ1v) is 12.9. The molecular formula is C32H25N3O4. The highest BCUT2D eigenvalue weighted by Crippen LogP contribution is 2.59. The predicted molar refractivity (Wildman–Crippen MR) is 149 cm³/mol. The molecule has 0 saturated carbocycles. The maximum absolute atomic E-state index is 14.4. The summed E-state index contributed by atoms with van der Waals surface area (Å²) >= 11 is 0. The van der Waals surface area contributed by atoms with E-state index in [0.29, 0.717) is 38.7 Å². The first kappa shape index (κ1) is 23.4. The number of aromatic nitrogens is 1. The smallest absolute Gasteiger partial charge is 0.271 e. The normalized spacial score (nSPS) is 21.1. The minimum atomic E-state index is -2.19. The van der Waals surface area contributed by atoms with E-state index in [1.807, 2.05) is 74.5 Å². The fourth-order valence-corrected chi connectivity index (χ4v) is 6.06. The van der Waals surface area contributed by atoms with E-state index < -0.39 is 23.0 Å².